The Morgan fingerprint density at radius 2 is 1.60 bits per heavy atom. The lowest BCUT2D eigenvalue weighted by Crippen LogP contribution is -2.42. The van der Waals surface area contributed by atoms with E-state index >= 15 is 0 Å². The van der Waals surface area contributed by atoms with Crippen LogP contribution in [0.4, 0.5) is 18.9 Å². The van der Waals surface area contributed by atoms with Crippen molar-refractivity contribution >= 4 is 52.2 Å². The second-order valence-electron chi connectivity index (χ2n) is 11.9. The Bertz CT molecular complexity index is 1910. The van der Waals surface area contributed by atoms with Gasteiger partial charge in [0.05, 0.1) is 28.1 Å². The minimum atomic E-state index is -4.72. The average Bonchev–Trinajstić information content (AvgIpc) is 3.75. The van der Waals surface area contributed by atoms with Crippen LogP contribution in [-0.4, -0.2) is 22.0 Å². The minimum Gasteiger partial charge on any atom is -0.489 e. The van der Waals surface area contributed by atoms with Crippen molar-refractivity contribution in [1.29, 1.82) is 0 Å². The van der Waals surface area contributed by atoms with Crippen molar-refractivity contribution in [3.8, 4) is 5.75 Å². The zero-order valence-electron chi connectivity index (χ0n) is 23.3. The highest BCUT2D eigenvalue weighted by Crippen LogP contribution is 2.69. The van der Waals surface area contributed by atoms with Crippen molar-refractivity contribution in [3.63, 3.8) is 0 Å². The van der Waals surface area contributed by atoms with E-state index in [0.29, 0.717) is 17.2 Å². The molecule has 0 unspecified atom stereocenters. The highest BCUT2D eigenvalue weighted by atomic mass is 35.5. The van der Waals surface area contributed by atoms with Crippen LogP contribution in [0.15, 0.2) is 82.6 Å². The summed E-state index contributed by atoms with van der Waals surface area (Å²) in [6, 6.07) is 19.8. The normalized spacial score (nSPS) is 28.3. The molecule has 0 spiro atoms. The number of thiazole rings is 1. The lowest BCUT2D eigenvalue weighted by molar-refractivity contribution is -0.137. The quantitative estimate of drug-likeness (QED) is 0.225. The Labute approximate surface area is 268 Å². The van der Waals surface area contributed by atoms with Crippen LogP contribution in [0.25, 0.3) is 0 Å². The molecule has 1 saturated heterocycles. The summed E-state index contributed by atoms with van der Waals surface area (Å²) in [5, 5.41) is 1.25. The van der Waals surface area contributed by atoms with Gasteiger partial charge >= 0.3 is 11.0 Å². The molecule has 1 N–H and O–H groups in total. The fourth-order valence-electron chi connectivity index (χ4n) is 8.12. The number of H-pyrrole nitrogens is 1. The number of aromatic nitrogens is 1. The molecule has 4 aliphatic rings. The maximum Gasteiger partial charge on any atom is 0.418 e. The van der Waals surface area contributed by atoms with Gasteiger partial charge in [-0.2, -0.15) is 13.2 Å². The SMILES string of the molecule is O=C1[C@H]2[C@H]3C[C@@H]([C@@H]2C(=O)N1c1ccccc1C(F)(F)F)[C@H]1[C@H](c2ccccc2OCc2ccc(Cl)cc2)c2sc(=O)[nH]c2S[C@H]31. The molecule has 2 saturated carbocycles. The van der Waals surface area contributed by atoms with Crippen molar-refractivity contribution < 1.29 is 27.5 Å². The predicted octanol–water partition coefficient (Wildman–Crippen LogP) is 7.37. The Kier molecular flexibility index (Phi) is 6.74. The van der Waals surface area contributed by atoms with Crippen LogP contribution in [-0.2, 0) is 22.4 Å². The Hall–Kier alpha value is -3.54. The standard InChI is InChI=1S/C33H24ClF3N2O4S2/c34-16-11-9-15(10-12-16)14-43-22-8-4-1-5-17(22)23-24-18-13-19(27(24)44-29-28(23)45-32(42)38-29)26-25(18)30(40)39(31(26)41)21-7-3-2-6-20(21)33(35,36)37/h1-12,18-19,23-27H,13-14H2,(H,38,42)/t18-,19-,23+,24+,25+,26+,27-/m1/s1. The van der Waals surface area contributed by atoms with Gasteiger partial charge in [-0.3, -0.25) is 14.4 Å². The van der Waals surface area contributed by atoms with Crippen molar-refractivity contribution in [3.05, 3.63) is 109 Å². The van der Waals surface area contributed by atoms with E-state index in [9.17, 15) is 27.6 Å². The highest BCUT2D eigenvalue weighted by molar-refractivity contribution is 8.00. The number of hydrogen-bond acceptors (Lipinski definition) is 6. The first-order valence-corrected chi connectivity index (χ1v) is 16.6. The van der Waals surface area contributed by atoms with Gasteiger partial charge in [0.15, 0.2) is 0 Å². The first-order chi connectivity index (χ1) is 21.6. The van der Waals surface area contributed by atoms with Gasteiger partial charge in [-0.05, 0) is 60.1 Å². The van der Waals surface area contributed by atoms with Gasteiger partial charge in [-0.1, -0.05) is 65.4 Å². The third-order valence-corrected chi connectivity index (χ3v) is 12.6. The summed E-state index contributed by atoms with van der Waals surface area (Å²) in [5.41, 5.74) is 0.384. The zero-order chi connectivity index (χ0) is 31.2. The molecule has 6 nitrogen and oxygen atoms in total. The number of imide groups is 1. The summed E-state index contributed by atoms with van der Waals surface area (Å²) in [6.07, 6.45) is -4.11. The number of rotatable bonds is 5. The summed E-state index contributed by atoms with van der Waals surface area (Å²) in [4.78, 5) is 45.0. The fraction of sp³-hybridized carbons (Fsp3) is 0.303. The average molecular weight is 669 g/mol. The number of carbonyl (C=O) groups excluding carboxylic acids is 2. The fourth-order valence-corrected chi connectivity index (χ4v) is 11.1. The van der Waals surface area contributed by atoms with Crippen molar-refractivity contribution in [1.82, 2.24) is 4.98 Å². The number of halogens is 4. The molecular formula is C33H24ClF3N2O4S2. The molecule has 1 aromatic heterocycles. The van der Waals surface area contributed by atoms with E-state index in [1.54, 1.807) is 12.1 Å². The number of ether oxygens (including phenoxy) is 1. The molecule has 3 aromatic carbocycles. The number of benzene rings is 3. The van der Waals surface area contributed by atoms with Crippen LogP contribution < -0.4 is 14.5 Å². The summed E-state index contributed by atoms with van der Waals surface area (Å²) < 4.78 is 48.3. The highest BCUT2D eigenvalue weighted by Gasteiger charge is 2.70. The number of aromatic amines is 1. The molecule has 2 amide bonds. The molecule has 0 radical (unpaired) electrons. The van der Waals surface area contributed by atoms with Crippen molar-refractivity contribution in [2.45, 2.75) is 35.4 Å². The van der Waals surface area contributed by atoms with Gasteiger partial charge < -0.3 is 9.72 Å². The summed E-state index contributed by atoms with van der Waals surface area (Å²) in [6.45, 7) is 0.289. The Morgan fingerprint density at radius 3 is 2.36 bits per heavy atom. The second kappa shape index (κ2) is 10.5. The van der Waals surface area contributed by atoms with E-state index in [1.165, 1.54) is 30.0 Å². The molecule has 7 atom stereocenters. The van der Waals surface area contributed by atoms with Gasteiger partial charge in [0.25, 0.3) is 0 Å². The lowest BCUT2D eigenvalue weighted by Gasteiger charge is -2.43. The van der Waals surface area contributed by atoms with E-state index in [2.05, 4.69) is 4.98 Å². The third kappa shape index (κ3) is 4.49. The predicted molar refractivity (Wildman–Crippen MR) is 165 cm³/mol. The van der Waals surface area contributed by atoms with E-state index in [0.717, 1.165) is 43.3 Å². The van der Waals surface area contributed by atoms with Gasteiger partial charge in [-0.25, -0.2) is 4.90 Å². The van der Waals surface area contributed by atoms with Crippen molar-refractivity contribution in [2.24, 2.45) is 29.6 Å². The molecule has 12 heteroatoms. The maximum absolute atomic E-state index is 14.0. The molecule has 3 heterocycles. The Morgan fingerprint density at radius 1 is 0.911 bits per heavy atom. The Balaban J connectivity index is 1.18. The van der Waals surface area contributed by atoms with E-state index in [4.69, 9.17) is 16.3 Å². The summed E-state index contributed by atoms with van der Waals surface area (Å²) >= 11 is 8.71. The van der Waals surface area contributed by atoms with E-state index < -0.39 is 41.1 Å². The molecule has 2 bridgehead atoms. The third-order valence-electron chi connectivity index (χ3n) is 9.74. The number of nitrogens with zero attached hydrogens (tertiary/aromatic N) is 1. The number of para-hydroxylation sites is 2. The topological polar surface area (TPSA) is 79.5 Å². The first kappa shape index (κ1) is 28.9. The van der Waals surface area contributed by atoms with Gasteiger partial charge in [0.1, 0.15) is 12.4 Å². The van der Waals surface area contributed by atoms with E-state index in [1.807, 2.05) is 36.4 Å². The number of amides is 2. The van der Waals surface area contributed by atoms with Crippen LogP contribution in [0.5, 0.6) is 5.75 Å². The number of anilines is 1. The van der Waals surface area contributed by atoms with Crippen LogP contribution >= 0.6 is 34.7 Å². The second-order valence-corrected chi connectivity index (χ2v) is 14.6. The molecule has 230 valence electrons. The number of nitrogens with one attached hydrogen (secondary N) is 1. The lowest BCUT2D eigenvalue weighted by atomic mass is 9.68. The van der Waals surface area contributed by atoms with Crippen LogP contribution in [0.2, 0.25) is 5.02 Å². The van der Waals surface area contributed by atoms with Crippen LogP contribution in [0, 0.1) is 29.6 Å². The zero-order valence-corrected chi connectivity index (χ0v) is 25.7. The minimum absolute atomic E-state index is 0.113. The number of fused-ring (bicyclic) bond motifs is 9. The van der Waals surface area contributed by atoms with Gasteiger partial charge in [0.2, 0.25) is 11.8 Å². The maximum atomic E-state index is 14.0. The molecule has 2 aliphatic carbocycles. The molecule has 8 rings (SSSR count). The van der Waals surface area contributed by atoms with Crippen LogP contribution in [0.3, 0.4) is 0 Å². The monoisotopic (exact) mass is 668 g/mol. The van der Waals surface area contributed by atoms with E-state index in [-0.39, 0.29) is 40.4 Å². The molecule has 45 heavy (non-hydrogen) atoms. The summed E-state index contributed by atoms with van der Waals surface area (Å²) in [7, 11) is 0. The molecular weight excluding hydrogens is 645 g/mol. The smallest absolute Gasteiger partial charge is 0.418 e. The van der Waals surface area contributed by atoms with Gasteiger partial charge in [0, 0.05) is 26.6 Å². The molecule has 2 aliphatic heterocycles. The molecule has 3 fully saturated rings. The van der Waals surface area contributed by atoms with Crippen LogP contribution in [0.1, 0.15) is 33.9 Å². The number of alkyl halides is 3. The number of thioether (sulfide) groups is 1. The summed E-state index contributed by atoms with van der Waals surface area (Å²) in [5.74, 6) is -2.84. The molecule has 4 aromatic rings. The van der Waals surface area contributed by atoms with Gasteiger partial charge in [-0.15, -0.1) is 11.8 Å². The number of hydrogen-bond donors (Lipinski definition) is 1. The first-order valence-electron chi connectivity index (χ1n) is 14.5. The largest absolute Gasteiger partial charge is 0.489 e. The van der Waals surface area contributed by atoms with Crippen molar-refractivity contribution in [2.75, 3.05) is 4.90 Å². The number of carbonyl (C=O) groups is 2.